The molecule has 0 aromatic heterocycles. The summed E-state index contributed by atoms with van der Waals surface area (Å²) in [4.78, 5) is 27.0. The fourth-order valence-electron chi connectivity index (χ4n) is 2.42. The summed E-state index contributed by atoms with van der Waals surface area (Å²) in [6.45, 7) is 6.50. The minimum atomic E-state index is -0.203. The van der Waals surface area contributed by atoms with Crippen LogP contribution < -0.4 is 10.1 Å². The largest absolute Gasteiger partial charge is 0.494 e. The van der Waals surface area contributed by atoms with Gasteiger partial charge in [-0.25, -0.2) is 0 Å². The van der Waals surface area contributed by atoms with Crippen LogP contribution in [0.1, 0.15) is 18.1 Å². The van der Waals surface area contributed by atoms with Gasteiger partial charge < -0.3 is 15.0 Å². The average molecular weight is 387 g/mol. The summed E-state index contributed by atoms with van der Waals surface area (Å²) in [5.74, 6) is 0.797. The van der Waals surface area contributed by atoms with Crippen molar-refractivity contribution >= 4 is 29.3 Å². The molecule has 0 spiro atoms. The van der Waals surface area contributed by atoms with Crippen molar-refractivity contribution in [3.05, 3.63) is 53.6 Å². The molecular formula is C21H26N2O3S. The molecule has 0 fully saturated rings. The number of nitrogens with one attached hydrogen (secondary N) is 1. The normalized spacial score (nSPS) is 10.4. The molecule has 0 heterocycles. The number of likely N-dealkylation sites (N-methyl/N-ethyl adjacent to an activating group) is 1. The van der Waals surface area contributed by atoms with E-state index in [-0.39, 0.29) is 24.1 Å². The Bertz CT molecular complexity index is 791. The molecule has 0 atom stereocenters. The van der Waals surface area contributed by atoms with E-state index in [2.05, 4.69) is 5.32 Å². The number of carbonyl (C=O) groups is 2. The number of aryl methyl sites for hydroxylation is 2. The van der Waals surface area contributed by atoms with Gasteiger partial charge in [0.05, 0.1) is 18.9 Å². The Morgan fingerprint density at radius 1 is 1.11 bits per heavy atom. The molecule has 0 unspecified atom stereocenters. The van der Waals surface area contributed by atoms with Gasteiger partial charge in [-0.05, 0) is 62.2 Å². The molecule has 2 amide bonds. The lowest BCUT2D eigenvalue weighted by molar-refractivity contribution is -0.131. The number of ether oxygens (including phenoxy) is 1. The van der Waals surface area contributed by atoms with Gasteiger partial charge in [-0.1, -0.05) is 12.1 Å². The highest BCUT2D eigenvalue weighted by atomic mass is 32.2. The van der Waals surface area contributed by atoms with Crippen LogP contribution in [0, 0.1) is 13.8 Å². The molecule has 0 saturated heterocycles. The first-order valence-corrected chi connectivity index (χ1v) is 9.84. The lowest BCUT2D eigenvalue weighted by Gasteiger charge is -2.17. The summed E-state index contributed by atoms with van der Waals surface area (Å²) in [5, 5.41) is 2.88. The quantitative estimate of drug-likeness (QED) is 0.699. The lowest BCUT2D eigenvalue weighted by atomic mass is 10.1. The summed E-state index contributed by atoms with van der Waals surface area (Å²) in [5.41, 5.74) is 2.85. The summed E-state index contributed by atoms with van der Waals surface area (Å²) >= 11 is 1.44. The predicted octanol–water partition coefficient (Wildman–Crippen LogP) is 3.89. The highest BCUT2D eigenvalue weighted by Crippen LogP contribution is 2.22. The molecule has 2 aromatic rings. The SMILES string of the molecule is CCOc1ccc(SCC(=O)N(C)CC(=O)Nc2cc(C)ccc2C)cc1. The Hall–Kier alpha value is -2.47. The van der Waals surface area contributed by atoms with E-state index in [9.17, 15) is 9.59 Å². The standard InChI is InChI=1S/C21H26N2O3S/c1-5-26-17-8-10-18(11-9-17)27-14-21(25)23(4)13-20(24)22-19-12-15(2)6-7-16(19)3/h6-12H,5,13-14H2,1-4H3,(H,22,24). The fourth-order valence-corrected chi connectivity index (χ4v) is 3.26. The Labute approximate surface area is 165 Å². The van der Waals surface area contributed by atoms with Gasteiger partial charge in [0.25, 0.3) is 0 Å². The second kappa shape index (κ2) is 10.0. The van der Waals surface area contributed by atoms with E-state index in [1.54, 1.807) is 7.05 Å². The van der Waals surface area contributed by atoms with Crippen molar-refractivity contribution in [3.63, 3.8) is 0 Å². The van der Waals surface area contributed by atoms with Crippen molar-refractivity contribution in [2.75, 3.05) is 31.3 Å². The summed E-state index contributed by atoms with van der Waals surface area (Å²) in [6.07, 6.45) is 0. The van der Waals surface area contributed by atoms with Crippen molar-refractivity contribution in [2.24, 2.45) is 0 Å². The number of nitrogens with zero attached hydrogens (tertiary/aromatic N) is 1. The molecule has 0 saturated carbocycles. The molecular weight excluding hydrogens is 360 g/mol. The van der Waals surface area contributed by atoms with Crippen LogP contribution in [0.3, 0.4) is 0 Å². The molecule has 0 aliphatic heterocycles. The molecule has 5 nitrogen and oxygen atoms in total. The van der Waals surface area contributed by atoms with Gasteiger partial charge >= 0.3 is 0 Å². The van der Waals surface area contributed by atoms with Gasteiger partial charge in [-0.2, -0.15) is 0 Å². The number of rotatable bonds is 8. The molecule has 0 aliphatic rings. The van der Waals surface area contributed by atoms with Crippen LogP contribution in [0.2, 0.25) is 0 Å². The topological polar surface area (TPSA) is 58.6 Å². The number of anilines is 1. The third-order valence-electron chi connectivity index (χ3n) is 3.97. The maximum atomic E-state index is 12.3. The van der Waals surface area contributed by atoms with E-state index < -0.39 is 0 Å². The fraction of sp³-hybridized carbons (Fsp3) is 0.333. The molecule has 0 radical (unpaired) electrons. The van der Waals surface area contributed by atoms with E-state index in [0.717, 1.165) is 27.5 Å². The van der Waals surface area contributed by atoms with E-state index in [1.165, 1.54) is 16.7 Å². The number of thioether (sulfide) groups is 1. The maximum absolute atomic E-state index is 12.3. The molecule has 0 bridgehead atoms. The molecule has 2 rings (SSSR count). The van der Waals surface area contributed by atoms with Crippen LogP contribution in [0.15, 0.2) is 47.4 Å². The highest BCUT2D eigenvalue weighted by molar-refractivity contribution is 8.00. The van der Waals surface area contributed by atoms with Crippen molar-refractivity contribution in [1.29, 1.82) is 0 Å². The molecule has 144 valence electrons. The molecule has 1 N–H and O–H groups in total. The van der Waals surface area contributed by atoms with Crippen LogP contribution in [0.4, 0.5) is 5.69 Å². The maximum Gasteiger partial charge on any atom is 0.243 e. The van der Waals surface area contributed by atoms with E-state index >= 15 is 0 Å². The first-order chi connectivity index (χ1) is 12.9. The van der Waals surface area contributed by atoms with Crippen LogP contribution in [0.25, 0.3) is 0 Å². The van der Waals surface area contributed by atoms with Crippen LogP contribution >= 0.6 is 11.8 Å². The minimum absolute atomic E-state index is 0.0239. The Balaban J connectivity index is 1.82. The van der Waals surface area contributed by atoms with Crippen LogP contribution in [0.5, 0.6) is 5.75 Å². The first kappa shape index (κ1) is 20.8. The Morgan fingerprint density at radius 2 is 1.81 bits per heavy atom. The zero-order chi connectivity index (χ0) is 19.8. The van der Waals surface area contributed by atoms with Crippen LogP contribution in [-0.2, 0) is 9.59 Å². The number of hydrogen-bond acceptors (Lipinski definition) is 4. The van der Waals surface area contributed by atoms with Crippen molar-refractivity contribution in [2.45, 2.75) is 25.7 Å². The third-order valence-corrected chi connectivity index (χ3v) is 4.97. The van der Waals surface area contributed by atoms with E-state index in [1.807, 2.05) is 63.2 Å². The summed E-state index contributed by atoms with van der Waals surface area (Å²) in [7, 11) is 1.64. The molecule has 0 aliphatic carbocycles. The average Bonchev–Trinajstić information content (AvgIpc) is 2.64. The molecule has 6 heteroatoms. The number of hydrogen-bond donors (Lipinski definition) is 1. The van der Waals surface area contributed by atoms with Gasteiger partial charge in [0.1, 0.15) is 5.75 Å². The third kappa shape index (κ3) is 6.64. The Morgan fingerprint density at radius 3 is 2.48 bits per heavy atom. The first-order valence-electron chi connectivity index (χ1n) is 8.85. The van der Waals surface area contributed by atoms with Crippen molar-refractivity contribution in [3.8, 4) is 5.75 Å². The summed E-state index contributed by atoms with van der Waals surface area (Å²) < 4.78 is 5.40. The monoisotopic (exact) mass is 386 g/mol. The van der Waals surface area contributed by atoms with Crippen molar-refractivity contribution in [1.82, 2.24) is 4.90 Å². The zero-order valence-corrected chi connectivity index (χ0v) is 17.1. The van der Waals surface area contributed by atoms with Gasteiger partial charge in [0.2, 0.25) is 11.8 Å². The second-order valence-corrected chi connectivity index (χ2v) is 7.36. The Kier molecular flexibility index (Phi) is 7.73. The van der Waals surface area contributed by atoms with Gasteiger partial charge in [-0.15, -0.1) is 11.8 Å². The van der Waals surface area contributed by atoms with E-state index in [0.29, 0.717) is 6.61 Å². The van der Waals surface area contributed by atoms with Gasteiger partial charge in [0.15, 0.2) is 0 Å². The van der Waals surface area contributed by atoms with Gasteiger partial charge in [-0.3, -0.25) is 9.59 Å². The predicted molar refractivity (Wildman–Crippen MR) is 111 cm³/mol. The smallest absolute Gasteiger partial charge is 0.243 e. The minimum Gasteiger partial charge on any atom is -0.494 e. The molecule has 27 heavy (non-hydrogen) atoms. The number of carbonyl (C=O) groups excluding carboxylic acids is 2. The van der Waals surface area contributed by atoms with Crippen LogP contribution in [-0.4, -0.2) is 42.7 Å². The number of benzene rings is 2. The number of amides is 2. The lowest BCUT2D eigenvalue weighted by Crippen LogP contribution is -2.36. The molecule has 2 aromatic carbocycles. The van der Waals surface area contributed by atoms with Crippen molar-refractivity contribution < 1.29 is 14.3 Å². The summed E-state index contributed by atoms with van der Waals surface area (Å²) in [6, 6.07) is 13.5. The highest BCUT2D eigenvalue weighted by Gasteiger charge is 2.14. The zero-order valence-electron chi connectivity index (χ0n) is 16.2. The second-order valence-electron chi connectivity index (χ2n) is 6.31. The van der Waals surface area contributed by atoms with Gasteiger partial charge in [0, 0.05) is 17.6 Å². The van der Waals surface area contributed by atoms with E-state index in [4.69, 9.17) is 4.74 Å².